The Morgan fingerprint density at radius 2 is 2.11 bits per heavy atom. The summed E-state index contributed by atoms with van der Waals surface area (Å²) in [7, 11) is 0. The van der Waals surface area contributed by atoms with Crippen LogP contribution in [0.1, 0.15) is 26.2 Å². The van der Waals surface area contributed by atoms with Crippen molar-refractivity contribution in [1.82, 2.24) is 0 Å². The lowest BCUT2D eigenvalue weighted by Crippen LogP contribution is -2.33. The molecule has 2 aliphatic carbocycles. The van der Waals surface area contributed by atoms with E-state index in [1.54, 1.807) is 6.92 Å². The third kappa shape index (κ3) is 1.85. The van der Waals surface area contributed by atoms with E-state index in [0.29, 0.717) is 38.6 Å². The molecule has 3 aliphatic rings. The molecule has 0 aromatic rings. The van der Waals surface area contributed by atoms with Crippen LogP contribution in [0.15, 0.2) is 0 Å². The van der Waals surface area contributed by atoms with Crippen LogP contribution in [0, 0.1) is 17.8 Å². The first-order valence-electron chi connectivity index (χ1n) is 6.78. The Kier molecular flexibility index (Phi) is 3.08. The van der Waals surface area contributed by atoms with Crippen molar-refractivity contribution in [3.63, 3.8) is 0 Å². The monoisotopic (exact) mass is 256 g/mol. The zero-order valence-electron chi connectivity index (χ0n) is 10.6. The summed E-state index contributed by atoms with van der Waals surface area (Å²) in [5.74, 6) is -0.709. The van der Waals surface area contributed by atoms with Gasteiger partial charge >= 0.3 is 5.97 Å². The molecule has 3 rings (SSSR count). The normalized spacial score (nSPS) is 41.2. The second kappa shape index (κ2) is 4.47. The average Bonchev–Trinajstić information content (AvgIpc) is 2.95. The van der Waals surface area contributed by atoms with Crippen LogP contribution >= 0.6 is 0 Å². The van der Waals surface area contributed by atoms with Crippen LogP contribution in [-0.2, 0) is 19.0 Å². The predicted molar refractivity (Wildman–Crippen MR) is 61.6 cm³/mol. The summed E-state index contributed by atoms with van der Waals surface area (Å²) in [6.07, 6.45) is 1.59. The molecular formula is C13H20O5. The first-order valence-corrected chi connectivity index (χ1v) is 6.78. The maximum Gasteiger partial charge on any atom is 0.311 e. The third-order valence-electron chi connectivity index (χ3n) is 4.52. The second-order valence-electron chi connectivity index (χ2n) is 5.52. The van der Waals surface area contributed by atoms with Crippen molar-refractivity contribution in [2.24, 2.45) is 17.8 Å². The highest BCUT2D eigenvalue weighted by Gasteiger charge is 2.58. The Morgan fingerprint density at radius 3 is 2.78 bits per heavy atom. The van der Waals surface area contributed by atoms with Crippen LogP contribution in [0.25, 0.3) is 0 Å². The van der Waals surface area contributed by atoms with Crippen molar-refractivity contribution < 1.29 is 24.1 Å². The molecule has 1 heterocycles. The summed E-state index contributed by atoms with van der Waals surface area (Å²) in [4.78, 5) is 11.9. The first-order chi connectivity index (χ1) is 8.65. The lowest BCUT2D eigenvalue weighted by molar-refractivity contribution is -0.164. The van der Waals surface area contributed by atoms with Gasteiger partial charge in [-0.1, -0.05) is 0 Å². The molecule has 4 atom stereocenters. The van der Waals surface area contributed by atoms with Crippen molar-refractivity contribution in [3.8, 4) is 0 Å². The molecule has 5 heteroatoms. The van der Waals surface area contributed by atoms with Crippen molar-refractivity contribution >= 4 is 5.97 Å². The smallest absolute Gasteiger partial charge is 0.311 e. The Morgan fingerprint density at radius 1 is 1.39 bits per heavy atom. The lowest BCUT2D eigenvalue weighted by Gasteiger charge is -2.25. The van der Waals surface area contributed by atoms with Crippen molar-refractivity contribution in [3.05, 3.63) is 0 Å². The fraction of sp³-hybridized carbons (Fsp3) is 0.923. The molecule has 2 saturated carbocycles. The highest BCUT2D eigenvalue weighted by atomic mass is 16.7. The number of aliphatic hydroxyl groups excluding tert-OH is 1. The van der Waals surface area contributed by atoms with Gasteiger partial charge in [0.05, 0.1) is 31.8 Å². The van der Waals surface area contributed by atoms with Crippen LogP contribution in [0.3, 0.4) is 0 Å². The summed E-state index contributed by atoms with van der Waals surface area (Å²) in [6, 6.07) is 0. The number of carbonyl (C=O) groups is 1. The molecule has 1 spiro atoms. The molecule has 0 amide bonds. The zero-order chi connectivity index (χ0) is 12.8. The average molecular weight is 256 g/mol. The number of fused-ring (bicyclic) bond motifs is 1. The maximum absolute atomic E-state index is 11.9. The van der Waals surface area contributed by atoms with E-state index in [1.807, 2.05) is 0 Å². The van der Waals surface area contributed by atoms with Crippen molar-refractivity contribution in [2.45, 2.75) is 38.1 Å². The van der Waals surface area contributed by atoms with E-state index >= 15 is 0 Å². The van der Waals surface area contributed by atoms with Crippen LogP contribution in [-0.4, -0.2) is 42.8 Å². The first kappa shape index (κ1) is 12.4. The molecule has 0 bridgehead atoms. The predicted octanol–water partition coefficient (Wildman–Crippen LogP) is 0.700. The number of esters is 1. The van der Waals surface area contributed by atoms with Gasteiger partial charge in [0.2, 0.25) is 0 Å². The van der Waals surface area contributed by atoms with Gasteiger partial charge in [-0.15, -0.1) is 0 Å². The fourth-order valence-electron chi connectivity index (χ4n) is 3.88. The quantitative estimate of drug-likeness (QED) is 0.737. The fourth-order valence-corrected chi connectivity index (χ4v) is 3.88. The van der Waals surface area contributed by atoms with Gasteiger partial charge < -0.3 is 19.3 Å². The summed E-state index contributed by atoms with van der Waals surface area (Å²) in [5.41, 5.74) is 0. The Hall–Kier alpha value is -0.650. The summed E-state index contributed by atoms with van der Waals surface area (Å²) >= 11 is 0. The largest absolute Gasteiger partial charge is 0.466 e. The molecule has 0 aromatic carbocycles. The molecule has 0 aromatic heterocycles. The third-order valence-corrected chi connectivity index (χ3v) is 4.52. The number of ether oxygens (including phenoxy) is 3. The van der Waals surface area contributed by atoms with Gasteiger partial charge in [-0.05, 0) is 25.2 Å². The summed E-state index contributed by atoms with van der Waals surface area (Å²) in [6.45, 7) is 3.41. The molecule has 0 unspecified atom stereocenters. The van der Waals surface area contributed by atoms with E-state index in [1.165, 1.54) is 0 Å². The van der Waals surface area contributed by atoms with E-state index in [0.717, 1.165) is 6.42 Å². The lowest BCUT2D eigenvalue weighted by atomic mass is 9.91. The van der Waals surface area contributed by atoms with Gasteiger partial charge in [-0.2, -0.15) is 0 Å². The van der Waals surface area contributed by atoms with Crippen LogP contribution < -0.4 is 0 Å². The van der Waals surface area contributed by atoms with Crippen LogP contribution in [0.2, 0.25) is 0 Å². The Balaban J connectivity index is 1.74. The number of carbonyl (C=O) groups excluding carboxylic acids is 1. The van der Waals surface area contributed by atoms with E-state index < -0.39 is 17.8 Å². The minimum absolute atomic E-state index is 0.136. The minimum atomic E-state index is -0.571. The number of rotatable bonds is 2. The van der Waals surface area contributed by atoms with Gasteiger partial charge in [0.25, 0.3) is 0 Å². The minimum Gasteiger partial charge on any atom is -0.466 e. The van der Waals surface area contributed by atoms with Gasteiger partial charge in [0.15, 0.2) is 5.79 Å². The van der Waals surface area contributed by atoms with Crippen LogP contribution in [0.4, 0.5) is 0 Å². The topological polar surface area (TPSA) is 65.0 Å². The number of aliphatic hydroxyl groups is 1. The Bertz CT molecular complexity index is 336. The molecular weight excluding hydrogens is 236 g/mol. The molecule has 1 saturated heterocycles. The van der Waals surface area contributed by atoms with Gasteiger partial charge in [-0.25, -0.2) is 0 Å². The van der Waals surface area contributed by atoms with E-state index in [9.17, 15) is 9.90 Å². The van der Waals surface area contributed by atoms with Crippen LogP contribution in [0.5, 0.6) is 0 Å². The highest BCUT2D eigenvalue weighted by Crippen LogP contribution is 2.54. The molecule has 0 radical (unpaired) electrons. The molecule has 102 valence electrons. The highest BCUT2D eigenvalue weighted by molar-refractivity contribution is 5.74. The van der Waals surface area contributed by atoms with Crippen molar-refractivity contribution in [1.29, 1.82) is 0 Å². The van der Waals surface area contributed by atoms with Gasteiger partial charge in [0.1, 0.15) is 0 Å². The van der Waals surface area contributed by atoms with E-state index in [2.05, 4.69) is 0 Å². The molecule has 3 fully saturated rings. The molecule has 18 heavy (non-hydrogen) atoms. The number of hydrogen-bond acceptors (Lipinski definition) is 5. The van der Waals surface area contributed by atoms with E-state index in [4.69, 9.17) is 14.2 Å². The summed E-state index contributed by atoms with van der Waals surface area (Å²) < 4.78 is 16.5. The van der Waals surface area contributed by atoms with Gasteiger partial charge in [0, 0.05) is 12.8 Å². The van der Waals surface area contributed by atoms with Crippen molar-refractivity contribution in [2.75, 3.05) is 19.8 Å². The SMILES string of the molecule is CCOC(=O)[C@@H]1[C@@H]2CC3(C[C@@H]2C[C@@H]1O)OCCO3. The zero-order valence-corrected chi connectivity index (χ0v) is 10.6. The molecule has 1 aliphatic heterocycles. The molecule has 5 nitrogen and oxygen atoms in total. The van der Waals surface area contributed by atoms with E-state index in [-0.39, 0.29) is 11.9 Å². The maximum atomic E-state index is 11.9. The Labute approximate surface area is 106 Å². The second-order valence-corrected chi connectivity index (χ2v) is 5.52. The number of hydrogen-bond donors (Lipinski definition) is 1. The van der Waals surface area contributed by atoms with Gasteiger partial charge in [-0.3, -0.25) is 4.79 Å². The molecule has 1 N–H and O–H groups in total. The standard InChI is InChI=1S/C13H20O5/c1-2-16-12(15)11-9-7-13(17-3-4-18-13)6-8(9)5-10(11)14/h8-11,14H,2-7H2,1H3/t8-,9+,10-,11+/m0/s1. The summed E-state index contributed by atoms with van der Waals surface area (Å²) in [5, 5.41) is 10.0.